The summed E-state index contributed by atoms with van der Waals surface area (Å²) >= 11 is 0. The number of amides is 1. The summed E-state index contributed by atoms with van der Waals surface area (Å²) in [6.07, 6.45) is -10.8. The van der Waals surface area contributed by atoms with E-state index in [0.29, 0.717) is 35.4 Å². The van der Waals surface area contributed by atoms with E-state index in [1.807, 2.05) is 0 Å². The maximum Gasteiger partial charge on any atom is 0.419 e. The van der Waals surface area contributed by atoms with Crippen molar-refractivity contribution in [3.05, 3.63) is 91.4 Å². The molecule has 0 aliphatic rings. The Morgan fingerprint density at radius 3 is 1.96 bits per heavy atom. The third-order valence-corrected chi connectivity index (χ3v) is 8.38. The number of hydrogen-bond acceptors (Lipinski definition) is 4. The average molecular weight is 732 g/mol. The zero-order valence-electron chi connectivity index (χ0n) is 29.2. The summed E-state index contributed by atoms with van der Waals surface area (Å²) in [5.41, 5.74) is -5.32. The topological polar surface area (TPSA) is 91.6 Å². The lowest BCUT2D eigenvalue weighted by Crippen LogP contribution is -2.41. The van der Waals surface area contributed by atoms with E-state index in [1.54, 1.807) is 51.9 Å². The monoisotopic (exact) mass is 731 g/mol. The molecule has 2 aromatic carbocycles. The van der Waals surface area contributed by atoms with Crippen LogP contribution in [0.15, 0.2) is 35.3 Å². The summed E-state index contributed by atoms with van der Waals surface area (Å²) in [4.78, 5) is 40.8. The highest BCUT2D eigenvalue weighted by Crippen LogP contribution is 2.42. The van der Waals surface area contributed by atoms with Crippen LogP contribution in [0.4, 0.5) is 35.1 Å². The number of nitrogens with one attached hydrogen (secondary N) is 1. The number of carboxylic acid groups (broad SMARTS) is 1. The summed E-state index contributed by atoms with van der Waals surface area (Å²) in [5, 5.41) is 11.8. The van der Waals surface area contributed by atoms with E-state index < -0.39 is 88.1 Å². The zero-order chi connectivity index (χ0) is 38.7. The highest BCUT2D eigenvalue weighted by atomic mass is 19.4. The van der Waals surface area contributed by atoms with Crippen LogP contribution in [0.25, 0.3) is 11.1 Å². The molecule has 0 fully saturated rings. The van der Waals surface area contributed by atoms with Crippen LogP contribution in [-0.2, 0) is 28.4 Å². The van der Waals surface area contributed by atoms with E-state index >= 15 is 8.78 Å². The highest BCUT2D eigenvalue weighted by molar-refractivity contribution is 5.82. The second-order valence-electron chi connectivity index (χ2n) is 13.5. The summed E-state index contributed by atoms with van der Waals surface area (Å²) in [6.45, 7) is 8.35. The molecule has 1 amide bonds. The number of benzene rings is 2. The number of pyridine rings is 1. The predicted molar refractivity (Wildman–Crippen MR) is 175 cm³/mol. The number of carboxylic acids is 1. The minimum absolute atomic E-state index is 0.000962. The molecule has 3 rings (SSSR count). The Morgan fingerprint density at radius 1 is 0.902 bits per heavy atom. The Bertz CT molecular complexity index is 1810. The van der Waals surface area contributed by atoms with Crippen LogP contribution in [0.1, 0.15) is 84.1 Å². The fourth-order valence-corrected chi connectivity index (χ4v) is 6.30. The average Bonchev–Trinajstić information content (AvgIpc) is 2.95. The minimum Gasteiger partial charge on any atom is -0.481 e. The van der Waals surface area contributed by atoms with E-state index in [9.17, 15) is 45.8 Å². The molecule has 7 nitrogen and oxygen atoms in total. The van der Waals surface area contributed by atoms with E-state index in [2.05, 4.69) is 5.32 Å². The molecule has 3 aromatic rings. The van der Waals surface area contributed by atoms with Crippen molar-refractivity contribution in [2.75, 3.05) is 20.6 Å². The molecule has 51 heavy (non-hydrogen) atoms. The van der Waals surface area contributed by atoms with Crippen LogP contribution in [0.2, 0.25) is 0 Å². The van der Waals surface area contributed by atoms with Gasteiger partial charge in [0.25, 0.3) is 5.56 Å². The molecule has 0 aliphatic heterocycles. The smallest absolute Gasteiger partial charge is 0.419 e. The van der Waals surface area contributed by atoms with E-state index in [0.717, 1.165) is 10.8 Å². The summed E-state index contributed by atoms with van der Waals surface area (Å²) in [7, 11) is 3.43. The number of aliphatic carboxylic acids is 1. The molecule has 15 heteroatoms. The molecular formula is C36H41F8N3O4. The Balaban J connectivity index is 2.27. The summed E-state index contributed by atoms with van der Waals surface area (Å²) in [6, 6.07) is -0.100. The normalized spacial score (nSPS) is 13.5. The van der Waals surface area contributed by atoms with Crippen molar-refractivity contribution < 1.29 is 49.8 Å². The fourth-order valence-electron chi connectivity index (χ4n) is 6.30. The quantitative estimate of drug-likeness (QED) is 0.173. The van der Waals surface area contributed by atoms with Crippen molar-refractivity contribution in [3.63, 3.8) is 0 Å². The third kappa shape index (κ3) is 9.95. The maximum absolute atomic E-state index is 16.5. The van der Waals surface area contributed by atoms with Crippen molar-refractivity contribution in [2.45, 2.75) is 84.7 Å². The van der Waals surface area contributed by atoms with Gasteiger partial charge in [-0.1, -0.05) is 31.5 Å². The maximum atomic E-state index is 16.5. The molecule has 280 valence electrons. The molecule has 1 aromatic heterocycles. The molecule has 0 aliphatic carbocycles. The van der Waals surface area contributed by atoms with Gasteiger partial charge in [-0.3, -0.25) is 14.4 Å². The number of aromatic nitrogens is 1. The predicted octanol–water partition coefficient (Wildman–Crippen LogP) is 8.17. The van der Waals surface area contributed by atoms with Crippen molar-refractivity contribution >= 4 is 11.9 Å². The largest absolute Gasteiger partial charge is 0.481 e. The van der Waals surface area contributed by atoms with Crippen molar-refractivity contribution in [1.29, 1.82) is 0 Å². The highest BCUT2D eigenvalue weighted by Gasteiger charge is 2.41. The number of carbonyl (C=O) groups excluding carboxylic acids is 1. The number of rotatable bonds is 13. The summed E-state index contributed by atoms with van der Waals surface area (Å²) in [5.74, 6) is -7.08. The fraction of sp³-hybridized carbons (Fsp3) is 0.472. The number of aryl methyl sites for hydroxylation is 4. The molecule has 2 unspecified atom stereocenters. The second-order valence-corrected chi connectivity index (χ2v) is 13.5. The SMILES string of the molecule is Cc1cc(C)c(-c2cc(C(F)(F)F)c(F)c(C(CC(=O)O)NC(=O)C(CC(C)C)n3cc(CCCN(C)C)c(C(F)(F)F)cc3=O)c2F)c(C)c1. The van der Waals surface area contributed by atoms with Crippen molar-refractivity contribution in [1.82, 2.24) is 14.8 Å². The number of nitrogens with zero attached hydrogens (tertiary/aromatic N) is 2. The van der Waals surface area contributed by atoms with Gasteiger partial charge in [-0.05, 0) is 94.9 Å². The minimum atomic E-state index is -5.37. The van der Waals surface area contributed by atoms with Crippen molar-refractivity contribution in [3.8, 4) is 11.1 Å². The van der Waals surface area contributed by atoms with Crippen molar-refractivity contribution in [2.24, 2.45) is 5.92 Å². The third-order valence-electron chi connectivity index (χ3n) is 8.38. The van der Waals surface area contributed by atoms with Crippen LogP contribution >= 0.6 is 0 Å². The number of hydrogen-bond donors (Lipinski definition) is 2. The zero-order valence-corrected chi connectivity index (χ0v) is 29.2. The number of alkyl halides is 6. The first-order valence-corrected chi connectivity index (χ1v) is 16.1. The molecular weight excluding hydrogens is 690 g/mol. The van der Waals surface area contributed by atoms with Gasteiger partial charge in [0.05, 0.1) is 23.6 Å². The molecule has 0 saturated carbocycles. The van der Waals surface area contributed by atoms with Crippen LogP contribution in [0, 0.1) is 38.3 Å². The first kappa shape index (κ1) is 41.2. The van der Waals surface area contributed by atoms with E-state index in [-0.39, 0.29) is 30.4 Å². The molecule has 0 radical (unpaired) electrons. The van der Waals surface area contributed by atoms with Gasteiger partial charge < -0.3 is 19.9 Å². The van der Waals surface area contributed by atoms with Crippen LogP contribution in [0.5, 0.6) is 0 Å². The molecule has 0 saturated heterocycles. The second kappa shape index (κ2) is 16.0. The molecule has 0 bridgehead atoms. The van der Waals surface area contributed by atoms with E-state index in [1.165, 1.54) is 13.8 Å². The molecule has 2 atom stereocenters. The number of carbonyl (C=O) groups is 2. The number of halogens is 8. The lowest BCUT2D eigenvalue weighted by Gasteiger charge is -2.27. The van der Waals surface area contributed by atoms with Gasteiger partial charge in [0.1, 0.15) is 17.7 Å². The Morgan fingerprint density at radius 2 is 1.47 bits per heavy atom. The first-order valence-electron chi connectivity index (χ1n) is 16.1. The molecule has 1 heterocycles. The lowest BCUT2D eigenvalue weighted by molar-refractivity contribution is -0.140. The van der Waals surface area contributed by atoms with E-state index in [4.69, 9.17) is 0 Å². The first-order chi connectivity index (χ1) is 23.4. The Labute approximate surface area is 290 Å². The molecule has 2 N–H and O–H groups in total. The van der Waals surface area contributed by atoms with Crippen LogP contribution in [-0.4, -0.2) is 47.1 Å². The van der Waals surface area contributed by atoms with Gasteiger partial charge in [0.15, 0.2) is 0 Å². The standard InChI is InChI=1S/C36H41F8N3O4/c1-18(2)11-27(47-17-22(9-8-10-46(6)7)24(15-28(47)48)35(39,40)41)34(51)45-26(16-29(49)50)31-32(37)23(14-25(33(31)38)36(42,43)44)30-20(4)12-19(3)13-21(30)5/h12-15,17-18,26-27H,8-11,16H2,1-7H3,(H,45,51)(H,49,50). The lowest BCUT2D eigenvalue weighted by atomic mass is 9.88. The van der Waals surface area contributed by atoms with Gasteiger partial charge in [0, 0.05) is 23.4 Å². The molecule has 0 spiro atoms. The van der Waals surface area contributed by atoms with Gasteiger partial charge in [-0.2, -0.15) is 26.3 Å². The van der Waals surface area contributed by atoms with Crippen LogP contribution < -0.4 is 10.9 Å². The summed E-state index contributed by atoms with van der Waals surface area (Å²) < 4.78 is 118. The van der Waals surface area contributed by atoms with Gasteiger partial charge in [0.2, 0.25) is 5.91 Å². The van der Waals surface area contributed by atoms with Crippen LogP contribution in [0.3, 0.4) is 0 Å². The van der Waals surface area contributed by atoms with Gasteiger partial charge in [-0.25, -0.2) is 8.78 Å². The Hall–Kier alpha value is -4.27. The van der Waals surface area contributed by atoms with Gasteiger partial charge in [-0.15, -0.1) is 0 Å². The van der Waals surface area contributed by atoms with Gasteiger partial charge >= 0.3 is 18.3 Å². The Kier molecular flexibility index (Phi) is 12.9.